The van der Waals surface area contributed by atoms with Gasteiger partial charge in [0.15, 0.2) is 0 Å². The molecule has 0 aliphatic rings. The summed E-state index contributed by atoms with van der Waals surface area (Å²) in [6.07, 6.45) is 7.95. The molecule has 0 saturated heterocycles. The monoisotopic (exact) mass is 320 g/mol. The molecule has 0 atom stereocenters. The normalized spacial score (nSPS) is 10.4. The molecular weight excluding hydrogens is 300 g/mol. The molecule has 0 aliphatic heterocycles. The van der Waals surface area contributed by atoms with Crippen molar-refractivity contribution in [1.29, 1.82) is 0 Å². The summed E-state index contributed by atoms with van der Waals surface area (Å²) in [4.78, 5) is 19.1. The Hall–Kier alpha value is -3.02. The van der Waals surface area contributed by atoms with Crippen LogP contribution in [0.4, 0.5) is 11.6 Å². The van der Waals surface area contributed by atoms with Gasteiger partial charge in [0.05, 0.1) is 12.2 Å². The standard InChI is InChI=1S/C18H20N6/c1-24(11-7-15-5-9-19-10-6-15)18-12-17(22-14-23-18)21-13-16-4-2-3-8-20-16/h2-6,8-10,12,14H,7,11,13H2,1H3,(H,21,22,23). The van der Waals surface area contributed by atoms with E-state index in [2.05, 4.69) is 30.2 Å². The maximum Gasteiger partial charge on any atom is 0.133 e. The number of aromatic nitrogens is 4. The molecule has 3 rings (SSSR count). The number of rotatable bonds is 7. The number of hydrogen-bond donors (Lipinski definition) is 1. The van der Waals surface area contributed by atoms with Crippen LogP contribution in [0, 0.1) is 0 Å². The predicted octanol–water partition coefficient (Wildman–Crippen LogP) is 2.56. The van der Waals surface area contributed by atoms with Crippen LogP contribution in [0.25, 0.3) is 0 Å². The third-order valence-electron chi connectivity index (χ3n) is 3.71. The van der Waals surface area contributed by atoms with Crippen LogP contribution < -0.4 is 10.2 Å². The SMILES string of the molecule is CN(CCc1ccncc1)c1cc(NCc2ccccn2)ncn1. The lowest BCUT2D eigenvalue weighted by Gasteiger charge is -2.18. The second-order valence-corrected chi connectivity index (χ2v) is 5.46. The second-order valence-electron chi connectivity index (χ2n) is 5.46. The molecule has 0 spiro atoms. The van der Waals surface area contributed by atoms with E-state index in [-0.39, 0.29) is 0 Å². The minimum Gasteiger partial charge on any atom is -0.364 e. The van der Waals surface area contributed by atoms with Gasteiger partial charge in [-0.05, 0) is 36.2 Å². The van der Waals surface area contributed by atoms with E-state index in [4.69, 9.17) is 0 Å². The zero-order valence-electron chi connectivity index (χ0n) is 13.6. The van der Waals surface area contributed by atoms with Crippen molar-refractivity contribution in [3.8, 4) is 0 Å². The molecule has 3 aromatic rings. The first-order valence-electron chi connectivity index (χ1n) is 7.87. The average Bonchev–Trinajstić information content (AvgIpc) is 2.66. The quantitative estimate of drug-likeness (QED) is 0.722. The summed E-state index contributed by atoms with van der Waals surface area (Å²) in [6, 6.07) is 11.9. The van der Waals surface area contributed by atoms with Gasteiger partial charge in [-0.25, -0.2) is 9.97 Å². The van der Waals surface area contributed by atoms with Crippen molar-refractivity contribution in [2.75, 3.05) is 23.8 Å². The van der Waals surface area contributed by atoms with Gasteiger partial charge in [-0.1, -0.05) is 6.07 Å². The van der Waals surface area contributed by atoms with Crippen LogP contribution in [0.3, 0.4) is 0 Å². The Labute approximate surface area is 141 Å². The van der Waals surface area contributed by atoms with E-state index in [1.54, 1.807) is 12.5 Å². The highest BCUT2D eigenvalue weighted by atomic mass is 15.2. The Balaban J connectivity index is 1.57. The number of nitrogens with one attached hydrogen (secondary N) is 1. The molecule has 0 amide bonds. The van der Waals surface area contributed by atoms with Crippen LogP contribution in [-0.4, -0.2) is 33.5 Å². The van der Waals surface area contributed by atoms with Gasteiger partial charge in [0.1, 0.15) is 18.0 Å². The van der Waals surface area contributed by atoms with Crippen molar-refractivity contribution in [3.05, 3.63) is 72.6 Å². The predicted molar refractivity (Wildman–Crippen MR) is 94.8 cm³/mol. The first-order valence-corrected chi connectivity index (χ1v) is 7.87. The van der Waals surface area contributed by atoms with Gasteiger partial charge in [0.25, 0.3) is 0 Å². The van der Waals surface area contributed by atoms with Gasteiger partial charge in [0, 0.05) is 38.2 Å². The van der Waals surface area contributed by atoms with Gasteiger partial charge in [-0.2, -0.15) is 0 Å². The highest BCUT2D eigenvalue weighted by Crippen LogP contribution is 2.14. The maximum atomic E-state index is 4.35. The maximum absolute atomic E-state index is 4.35. The number of likely N-dealkylation sites (N-methyl/N-ethyl adjacent to an activating group) is 1. The van der Waals surface area contributed by atoms with E-state index in [0.717, 1.165) is 30.3 Å². The molecule has 0 aliphatic carbocycles. The lowest BCUT2D eigenvalue weighted by molar-refractivity contribution is 0.853. The zero-order chi connectivity index (χ0) is 16.6. The fraction of sp³-hybridized carbons (Fsp3) is 0.222. The Morgan fingerprint density at radius 1 is 1.00 bits per heavy atom. The molecule has 3 heterocycles. The number of hydrogen-bond acceptors (Lipinski definition) is 6. The van der Waals surface area contributed by atoms with Crippen LogP contribution in [0.5, 0.6) is 0 Å². The molecule has 24 heavy (non-hydrogen) atoms. The van der Waals surface area contributed by atoms with E-state index in [1.807, 2.05) is 55.8 Å². The molecular formula is C18H20N6. The Kier molecular flexibility index (Phi) is 5.29. The van der Waals surface area contributed by atoms with Crippen LogP contribution in [-0.2, 0) is 13.0 Å². The Morgan fingerprint density at radius 3 is 2.67 bits per heavy atom. The van der Waals surface area contributed by atoms with Crippen molar-refractivity contribution < 1.29 is 0 Å². The summed E-state index contributed by atoms with van der Waals surface area (Å²) in [6.45, 7) is 1.51. The molecule has 1 N–H and O–H groups in total. The summed E-state index contributed by atoms with van der Waals surface area (Å²) in [5, 5.41) is 3.28. The van der Waals surface area contributed by atoms with Gasteiger partial charge < -0.3 is 10.2 Å². The largest absolute Gasteiger partial charge is 0.364 e. The minimum atomic E-state index is 0.637. The van der Waals surface area contributed by atoms with Crippen molar-refractivity contribution >= 4 is 11.6 Å². The lowest BCUT2D eigenvalue weighted by atomic mass is 10.2. The van der Waals surface area contributed by atoms with E-state index in [9.17, 15) is 0 Å². The highest BCUT2D eigenvalue weighted by molar-refractivity contribution is 5.48. The van der Waals surface area contributed by atoms with Crippen molar-refractivity contribution in [2.45, 2.75) is 13.0 Å². The summed E-state index contributed by atoms with van der Waals surface area (Å²) in [7, 11) is 2.03. The fourth-order valence-electron chi connectivity index (χ4n) is 2.30. The molecule has 0 bridgehead atoms. The topological polar surface area (TPSA) is 66.8 Å². The van der Waals surface area contributed by atoms with E-state index in [0.29, 0.717) is 6.54 Å². The van der Waals surface area contributed by atoms with Gasteiger partial charge in [0.2, 0.25) is 0 Å². The van der Waals surface area contributed by atoms with Crippen molar-refractivity contribution in [2.24, 2.45) is 0 Å². The van der Waals surface area contributed by atoms with Crippen LogP contribution >= 0.6 is 0 Å². The molecule has 3 aromatic heterocycles. The molecule has 0 aromatic carbocycles. The lowest BCUT2D eigenvalue weighted by Crippen LogP contribution is -2.21. The molecule has 6 nitrogen and oxygen atoms in total. The third-order valence-corrected chi connectivity index (χ3v) is 3.71. The molecule has 0 saturated carbocycles. The smallest absolute Gasteiger partial charge is 0.133 e. The molecule has 122 valence electrons. The van der Waals surface area contributed by atoms with E-state index >= 15 is 0 Å². The fourth-order valence-corrected chi connectivity index (χ4v) is 2.30. The summed E-state index contributed by atoms with van der Waals surface area (Å²) in [5.74, 6) is 1.68. The Bertz CT molecular complexity index is 748. The van der Waals surface area contributed by atoms with Gasteiger partial charge in [-0.3, -0.25) is 9.97 Å². The molecule has 0 unspecified atom stereocenters. The molecule has 6 heteroatoms. The van der Waals surface area contributed by atoms with E-state index in [1.165, 1.54) is 5.56 Å². The van der Waals surface area contributed by atoms with Crippen LogP contribution in [0.1, 0.15) is 11.3 Å². The van der Waals surface area contributed by atoms with Crippen LogP contribution in [0.15, 0.2) is 61.3 Å². The van der Waals surface area contributed by atoms with Gasteiger partial charge >= 0.3 is 0 Å². The van der Waals surface area contributed by atoms with Crippen LogP contribution in [0.2, 0.25) is 0 Å². The summed E-state index contributed by atoms with van der Waals surface area (Å²) >= 11 is 0. The minimum absolute atomic E-state index is 0.637. The number of nitrogens with zero attached hydrogens (tertiary/aromatic N) is 5. The van der Waals surface area contributed by atoms with Gasteiger partial charge in [-0.15, -0.1) is 0 Å². The molecule has 0 radical (unpaired) electrons. The summed E-state index contributed by atoms with van der Waals surface area (Å²) in [5.41, 5.74) is 2.24. The third kappa shape index (κ3) is 4.49. The van der Waals surface area contributed by atoms with Crippen molar-refractivity contribution in [3.63, 3.8) is 0 Å². The first kappa shape index (κ1) is 15.9. The average molecular weight is 320 g/mol. The zero-order valence-corrected chi connectivity index (χ0v) is 13.6. The van der Waals surface area contributed by atoms with E-state index < -0.39 is 0 Å². The number of pyridine rings is 2. The molecule has 0 fully saturated rings. The number of anilines is 2. The highest BCUT2D eigenvalue weighted by Gasteiger charge is 2.05. The first-order chi connectivity index (χ1) is 11.8. The Morgan fingerprint density at radius 2 is 1.88 bits per heavy atom. The van der Waals surface area contributed by atoms with Crippen molar-refractivity contribution in [1.82, 2.24) is 19.9 Å². The summed E-state index contributed by atoms with van der Waals surface area (Å²) < 4.78 is 0. The second kappa shape index (κ2) is 8.01.